The Morgan fingerprint density at radius 2 is 2.16 bits per heavy atom. The number of rotatable bonds is 7. The van der Waals surface area contributed by atoms with Gasteiger partial charge in [-0.2, -0.15) is 0 Å². The summed E-state index contributed by atoms with van der Waals surface area (Å²) in [6, 6.07) is 7.35. The number of methoxy groups -OCH3 is 1. The predicted octanol–water partition coefficient (Wildman–Crippen LogP) is 1.99. The number of amides is 1. The lowest BCUT2D eigenvalue weighted by molar-refractivity contribution is 0.0941. The Morgan fingerprint density at radius 3 is 2.96 bits per heavy atom. The zero-order valence-electron chi connectivity index (χ0n) is 14.2. The first-order valence-electron chi connectivity index (χ1n) is 7.97. The molecule has 0 bridgehead atoms. The van der Waals surface area contributed by atoms with Gasteiger partial charge >= 0.3 is 0 Å². The Labute approximate surface area is 145 Å². The van der Waals surface area contributed by atoms with E-state index in [1.54, 1.807) is 25.4 Å². The number of ether oxygens (including phenoxy) is 2. The molecule has 7 heteroatoms. The van der Waals surface area contributed by atoms with E-state index in [0.29, 0.717) is 31.2 Å². The van der Waals surface area contributed by atoms with Crippen molar-refractivity contribution in [2.45, 2.75) is 13.5 Å². The number of aryl methyl sites for hydroxylation is 1. The molecule has 0 radical (unpaired) electrons. The molecule has 3 heterocycles. The highest BCUT2D eigenvalue weighted by molar-refractivity contribution is 5.96. The zero-order chi connectivity index (χ0) is 17.6. The van der Waals surface area contributed by atoms with E-state index < -0.39 is 0 Å². The first-order valence-corrected chi connectivity index (χ1v) is 7.97. The molecular weight excluding hydrogens is 320 g/mol. The largest absolute Gasteiger partial charge is 0.475 e. The van der Waals surface area contributed by atoms with Crippen LogP contribution in [0.1, 0.15) is 21.6 Å². The van der Waals surface area contributed by atoms with Crippen molar-refractivity contribution >= 4 is 11.6 Å². The van der Waals surface area contributed by atoms with Crippen LogP contribution in [-0.4, -0.2) is 40.6 Å². The van der Waals surface area contributed by atoms with Gasteiger partial charge in [0.2, 0.25) is 5.88 Å². The number of hydrogen-bond acceptors (Lipinski definition) is 5. The number of aromatic nitrogens is 3. The van der Waals surface area contributed by atoms with Gasteiger partial charge in [-0.25, -0.2) is 9.97 Å². The van der Waals surface area contributed by atoms with Gasteiger partial charge < -0.3 is 19.2 Å². The number of nitrogens with zero attached hydrogens (tertiary/aromatic N) is 3. The lowest BCUT2D eigenvalue weighted by atomic mass is 10.2. The smallest absolute Gasteiger partial charge is 0.257 e. The number of carbonyl (C=O) groups is 1. The van der Waals surface area contributed by atoms with Crippen LogP contribution in [0.3, 0.4) is 0 Å². The molecule has 0 aliphatic heterocycles. The molecule has 0 unspecified atom stereocenters. The summed E-state index contributed by atoms with van der Waals surface area (Å²) < 4.78 is 12.4. The SMILES string of the molecule is COCCOc1ncccc1C(=O)NCc1cn2cccc(C)c2n1. The molecule has 3 aromatic heterocycles. The summed E-state index contributed by atoms with van der Waals surface area (Å²) in [6.45, 7) is 3.09. The van der Waals surface area contributed by atoms with Crippen LogP contribution < -0.4 is 10.1 Å². The van der Waals surface area contributed by atoms with Crippen molar-refractivity contribution < 1.29 is 14.3 Å². The van der Waals surface area contributed by atoms with Crippen LogP contribution in [0.4, 0.5) is 0 Å². The predicted molar refractivity (Wildman–Crippen MR) is 92.7 cm³/mol. The minimum absolute atomic E-state index is 0.255. The Kier molecular flexibility index (Phi) is 5.25. The van der Waals surface area contributed by atoms with Crippen LogP contribution in [0.25, 0.3) is 5.65 Å². The molecule has 0 spiro atoms. The topological polar surface area (TPSA) is 77.8 Å². The number of imidazole rings is 1. The Hall–Kier alpha value is -2.93. The van der Waals surface area contributed by atoms with Gasteiger partial charge in [0, 0.05) is 25.7 Å². The zero-order valence-corrected chi connectivity index (χ0v) is 14.2. The van der Waals surface area contributed by atoms with E-state index in [2.05, 4.69) is 15.3 Å². The van der Waals surface area contributed by atoms with Crippen LogP contribution in [0, 0.1) is 6.92 Å². The number of pyridine rings is 2. The van der Waals surface area contributed by atoms with E-state index in [4.69, 9.17) is 9.47 Å². The van der Waals surface area contributed by atoms with Gasteiger partial charge in [0.1, 0.15) is 17.8 Å². The summed E-state index contributed by atoms with van der Waals surface area (Å²) in [4.78, 5) is 21.1. The summed E-state index contributed by atoms with van der Waals surface area (Å²) >= 11 is 0. The molecule has 3 rings (SSSR count). The van der Waals surface area contributed by atoms with Gasteiger partial charge in [-0.15, -0.1) is 0 Å². The molecule has 0 fully saturated rings. The maximum Gasteiger partial charge on any atom is 0.257 e. The molecule has 0 saturated heterocycles. The molecule has 0 aromatic carbocycles. The monoisotopic (exact) mass is 340 g/mol. The second-order valence-corrected chi connectivity index (χ2v) is 5.53. The van der Waals surface area contributed by atoms with Gasteiger partial charge in [0.25, 0.3) is 5.91 Å². The summed E-state index contributed by atoms with van der Waals surface area (Å²) in [5.41, 5.74) is 3.14. The molecule has 1 N–H and O–H groups in total. The van der Waals surface area contributed by atoms with Crippen LogP contribution in [-0.2, 0) is 11.3 Å². The first-order chi connectivity index (χ1) is 12.2. The number of carbonyl (C=O) groups excluding carboxylic acids is 1. The Morgan fingerprint density at radius 1 is 1.28 bits per heavy atom. The van der Waals surface area contributed by atoms with E-state index in [0.717, 1.165) is 16.9 Å². The van der Waals surface area contributed by atoms with Crippen LogP contribution in [0.5, 0.6) is 5.88 Å². The highest BCUT2D eigenvalue weighted by Crippen LogP contribution is 2.15. The highest BCUT2D eigenvalue weighted by Gasteiger charge is 2.14. The van der Waals surface area contributed by atoms with E-state index in [-0.39, 0.29) is 5.91 Å². The van der Waals surface area contributed by atoms with Crippen molar-refractivity contribution in [2.24, 2.45) is 0 Å². The molecule has 7 nitrogen and oxygen atoms in total. The van der Waals surface area contributed by atoms with Gasteiger partial charge in [0.15, 0.2) is 0 Å². The minimum atomic E-state index is -0.255. The number of nitrogens with one attached hydrogen (secondary N) is 1. The van der Waals surface area contributed by atoms with Crippen LogP contribution in [0.2, 0.25) is 0 Å². The Bertz CT molecular complexity index is 876. The minimum Gasteiger partial charge on any atom is -0.475 e. The van der Waals surface area contributed by atoms with E-state index in [1.807, 2.05) is 35.9 Å². The third-order valence-corrected chi connectivity index (χ3v) is 3.70. The van der Waals surface area contributed by atoms with Gasteiger partial charge in [-0.3, -0.25) is 4.79 Å². The molecular formula is C18H20N4O3. The third kappa shape index (κ3) is 3.95. The second-order valence-electron chi connectivity index (χ2n) is 5.53. The molecule has 0 saturated carbocycles. The van der Waals surface area contributed by atoms with Crippen molar-refractivity contribution in [1.29, 1.82) is 0 Å². The summed E-state index contributed by atoms with van der Waals surface area (Å²) in [7, 11) is 1.59. The average Bonchev–Trinajstić information content (AvgIpc) is 3.05. The van der Waals surface area contributed by atoms with Gasteiger partial charge in [0.05, 0.1) is 18.8 Å². The van der Waals surface area contributed by atoms with Gasteiger partial charge in [-0.1, -0.05) is 6.07 Å². The third-order valence-electron chi connectivity index (χ3n) is 3.70. The molecule has 3 aromatic rings. The average molecular weight is 340 g/mol. The first kappa shape index (κ1) is 16.9. The normalized spacial score (nSPS) is 10.8. The molecule has 25 heavy (non-hydrogen) atoms. The summed E-state index contributed by atoms with van der Waals surface area (Å²) in [5.74, 6) is 0.0391. The van der Waals surface area contributed by atoms with E-state index in [1.165, 1.54) is 0 Å². The maximum absolute atomic E-state index is 12.5. The lowest BCUT2D eigenvalue weighted by Crippen LogP contribution is -2.24. The Balaban J connectivity index is 1.68. The standard InChI is InChI=1S/C18H20N4O3/c1-13-5-4-8-22-12-14(21-16(13)22)11-20-17(23)15-6-3-7-19-18(15)25-10-9-24-2/h3-8,12H,9-11H2,1-2H3,(H,20,23). The van der Waals surface area contributed by atoms with Crippen LogP contribution in [0.15, 0.2) is 42.9 Å². The molecule has 0 atom stereocenters. The van der Waals surface area contributed by atoms with Crippen molar-refractivity contribution in [3.05, 3.63) is 59.7 Å². The highest BCUT2D eigenvalue weighted by atomic mass is 16.5. The lowest BCUT2D eigenvalue weighted by Gasteiger charge is -2.09. The molecule has 1 amide bonds. The van der Waals surface area contributed by atoms with E-state index in [9.17, 15) is 4.79 Å². The summed E-state index contributed by atoms with van der Waals surface area (Å²) in [6.07, 6.45) is 5.43. The fourth-order valence-corrected chi connectivity index (χ4v) is 2.46. The molecule has 0 aliphatic carbocycles. The molecule has 0 aliphatic rings. The van der Waals surface area contributed by atoms with Crippen molar-refractivity contribution in [3.8, 4) is 5.88 Å². The fraction of sp³-hybridized carbons (Fsp3) is 0.278. The number of hydrogen-bond donors (Lipinski definition) is 1. The van der Waals surface area contributed by atoms with E-state index >= 15 is 0 Å². The maximum atomic E-state index is 12.5. The van der Waals surface area contributed by atoms with Crippen LogP contribution >= 0.6 is 0 Å². The fourth-order valence-electron chi connectivity index (χ4n) is 2.46. The van der Waals surface area contributed by atoms with Crippen molar-refractivity contribution in [1.82, 2.24) is 19.7 Å². The number of fused-ring (bicyclic) bond motifs is 1. The quantitative estimate of drug-likeness (QED) is 0.666. The van der Waals surface area contributed by atoms with Crippen molar-refractivity contribution in [2.75, 3.05) is 20.3 Å². The van der Waals surface area contributed by atoms with Crippen molar-refractivity contribution in [3.63, 3.8) is 0 Å². The van der Waals surface area contributed by atoms with Gasteiger partial charge in [-0.05, 0) is 30.7 Å². The second kappa shape index (κ2) is 7.76. The summed E-state index contributed by atoms with van der Waals surface area (Å²) in [5, 5.41) is 2.86. The molecule has 130 valence electrons.